The molecule has 0 saturated carbocycles. The molecule has 3 rings (SSSR count). The van der Waals surface area contributed by atoms with Crippen LogP contribution in [0, 0.1) is 0 Å². The van der Waals surface area contributed by atoms with Crippen molar-refractivity contribution >= 4 is 22.9 Å². The fourth-order valence-electron chi connectivity index (χ4n) is 2.31. The Morgan fingerprint density at radius 2 is 1.65 bits per heavy atom. The van der Waals surface area contributed by atoms with E-state index in [2.05, 4.69) is 0 Å². The molecule has 0 aliphatic carbocycles. The molecule has 3 aromatic rings. The van der Waals surface area contributed by atoms with Crippen LogP contribution in [0.3, 0.4) is 0 Å². The van der Waals surface area contributed by atoms with E-state index in [1.165, 1.54) is 24.3 Å². The van der Waals surface area contributed by atoms with E-state index < -0.39 is 17.4 Å². The van der Waals surface area contributed by atoms with Crippen LogP contribution in [0.1, 0.15) is 20.7 Å². The van der Waals surface area contributed by atoms with E-state index in [1.54, 1.807) is 18.2 Å². The second-order valence-corrected chi connectivity index (χ2v) is 4.84. The van der Waals surface area contributed by atoms with Gasteiger partial charge in [0, 0.05) is 11.6 Å². The van der Waals surface area contributed by atoms with Crippen molar-refractivity contribution < 1.29 is 24.2 Å². The first-order valence-electron chi connectivity index (χ1n) is 6.61. The number of hydrogen-bond acceptors (Lipinski definition) is 4. The normalized spacial score (nSPS) is 10.6. The lowest BCUT2D eigenvalue weighted by Gasteiger charge is -2.06. The number of fused-ring (bicyclic) bond motifs is 1. The highest BCUT2D eigenvalue weighted by molar-refractivity contribution is 5.96. The summed E-state index contributed by atoms with van der Waals surface area (Å²) in [6.45, 7) is 0. The number of carboxylic acids is 2. The van der Waals surface area contributed by atoms with Crippen LogP contribution >= 0.6 is 0 Å². The van der Waals surface area contributed by atoms with Crippen molar-refractivity contribution in [2.24, 2.45) is 0 Å². The molecule has 114 valence electrons. The third-order valence-electron chi connectivity index (χ3n) is 3.40. The van der Waals surface area contributed by atoms with Crippen LogP contribution in [0.25, 0.3) is 22.3 Å². The number of benzene rings is 2. The molecule has 6 nitrogen and oxygen atoms in total. The molecule has 0 unspecified atom stereocenters. The molecular weight excluding hydrogens is 300 g/mol. The highest BCUT2D eigenvalue weighted by Crippen LogP contribution is 2.26. The molecule has 0 fully saturated rings. The Labute approximate surface area is 129 Å². The van der Waals surface area contributed by atoms with Crippen LogP contribution in [-0.2, 0) is 0 Å². The van der Waals surface area contributed by atoms with E-state index >= 15 is 0 Å². The monoisotopic (exact) mass is 310 g/mol. The average molecular weight is 310 g/mol. The van der Waals surface area contributed by atoms with Crippen molar-refractivity contribution in [1.29, 1.82) is 0 Å². The number of rotatable bonds is 3. The Balaban J connectivity index is 2.26. The largest absolute Gasteiger partial charge is 0.478 e. The fourth-order valence-corrected chi connectivity index (χ4v) is 2.31. The van der Waals surface area contributed by atoms with Gasteiger partial charge in [0.25, 0.3) is 0 Å². The van der Waals surface area contributed by atoms with Gasteiger partial charge in [0.05, 0.1) is 16.5 Å². The molecular formula is C17H10O6. The molecule has 0 aliphatic rings. The van der Waals surface area contributed by atoms with E-state index in [9.17, 15) is 19.5 Å². The predicted octanol–water partition coefficient (Wildman–Crippen LogP) is 2.86. The SMILES string of the molecule is O=C(O)c1ccc2oc(-c3ccccc3C(=O)O)cc(=O)c2c1. The molecule has 2 aromatic carbocycles. The first-order chi connectivity index (χ1) is 11.0. The highest BCUT2D eigenvalue weighted by Gasteiger charge is 2.15. The summed E-state index contributed by atoms with van der Waals surface area (Å²) in [7, 11) is 0. The van der Waals surface area contributed by atoms with Crippen molar-refractivity contribution in [2.75, 3.05) is 0 Å². The van der Waals surface area contributed by atoms with Gasteiger partial charge in [0.1, 0.15) is 11.3 Å². The van der Waals surface area contributed by atoms with Gasteiger partial charge in [-0.1, -0.05) is 18.2 Å². The Morgan fingerprint density at radius 1 is 0.913 bits per heavy atom. The summed E-state index contributed by atoms with van der Waals surface area (Å²) in [6, 6.07) is 11.3. The average Bonchev–Trinajstić information content (AvgIpc) is 2.54. The number of carbonyl (C=O) groups is 2. The quantitative estimate of drug-likeness (QED) is 0.770. The highest BCUT2D eigenvalue weighted by atomic mass is 16.4. The molecule has 6 heteroatoms. The summed E-state index contributed by atoms with van der Waals surface area (Å²) in [4.78, 5) is 34.5. The molecule has 0 radical (unpaired) electrons. The fraction of sp³-hybridized carbons (Fsp3) is 0. The Kier molecular flexibility index (Phi) is 3.42. The topological polar surface area (TPSA) is 105 Å². The van der Waals surface area contributed by atoms with Crippen molar-refractivity contribution in [3.8, 4) is 11.3 Å². The van der Waals surface area contributed by atoms with Gasteiger partial charge in [-0.15, -0.1) is 0 Å². The zero-order valence-corrected chi connectivity index (χ0v) is 11.6. The van der Waals surface area contributed by atoms with Gasteiger partial charge in [0.2, 0.25) is 0 Å². The van der Waals surface area contributed by atoms with Crippen molar-refractivity contribution in [2.45, 2.75) is 0 Å². The van der Waals surface area contributed by atoms with E-state index in [0.717, 1.165) is 6.07 Å². The van der Waals surface area contributed by atoms with Gasteiger partial charge in [-0.3, -0.25) is 4.79 Å². The minimum absolute atomic E-state index is 0.0113. The maximum absolute atomic E-state index is 12.2. The van der Waals surface area contributed by atoms with E-state index in [4.69, 9.17) is 9.52 Å². The third kappa shape index (κ3) is 2.57. The Morgan fingerprint density at radius 3 is 2.35 bits per heavy atom. The lowest BCUT2D eigenvalue weighted by molar-refractivity contribution is 0.0686. The van der Waals surface area contributed by atoms with Gasteiger partial charge in [-0.05, 0) is 24.3 Å². The molecule has 0 saturated heterocycles. The Bertz CT molecular complexity index is 999. The second kappa shape index (κ2) is 5.42. The molecule has 1 aromatic heterocycles. The van der Waals surface area contributed by atoms with Crippen molar-refractivity contribution in [1.82, 2.24) is 0 Å². The zero-order valence-electron chi connectivity index (χ0n) is 11.6. The van der Waals surface area contributed by atoms with Gasteiger partial charge < -0.3 is 14.6 Å². The van der Waals surface area contributed by atoms with Crippen molar-refractivity contribution in [3.63, 3.8) is 0 Å². The summed E-state index contributed by atoms with van der Waals surface area (Å²) in [5.41, 5.74) is 0.0178. The van der Waals surface area contributed by atoms with Crippen LogP contribution in [-0.4, -0.2) is 22.2 Å². The molecule has 0 amide bonds. The van der Waals surface area contributed by atoms with Crippen LogP contribution in [0.15, 0.2) is 57.7 Å². The van der Waals surface area contributed by atoms with Gasteiger partial charge >= 0.3 is 11.9 Å². The first-order valence-corrected chi connectivity index (χ1v) is 6.61. The molecule has 0 atom stereocenters. The van der Waals surface area contributed by atoms with Crippen LogP contribution in [0.2, 0.25) is 0 Å². The summed E-state index contributed by atoms with van der Waals surface area (Å²) in [5.74, 6) is -2.17. The summed E-state index contributed by atoms with van der Waals surface area (Å²) >= 11 is 0. The number of aromatic carboxylic acids is 2. The summed E-state index contributed by atoms with van der Waals surface area (Å²) < 4.78 is 5.60. The van der Waals surface area contributed by atoms with Crippen LogP contribution < -0.4 is 5.43 Å². The summed E-state index contributed by atoms with van der Waals surface area (Å²) in [6.07, 6.45) is 0. The van der Waals surface area contributed by atoms with E-state index in [0.29, 0.717) is 0 Å². The van der Waals surface area contributed by atoms with Gasteiger partial charge in [-0.25, -0.2) is 9.59 Å². The molecule has 0 bridgehead atoms. The van der Waals surface area contributed by atoms with Crippen LogP contribution in [0.5, 0.6) is 0 Å². The summed E-state index contributed by atoms with van der Waals surface area (Å²) in [5, 5.41) is 18.3. The number of carboxylic acid groups (broad SMARTS) is 2. The van der Waals surface area contributed by atoms with Gasteiger partial charge in [-0.2, -0.15) is 0 Å². The molecule has 1 heterocycles. The third-order valence-corrected chi connectivity index (χ3v) is 3.40. The smallest absolute Gasteiger partial charge is 0.336 e. The molecule has 2 N–H and O–H groups in total. The number of hydrogen-bond donors (Lipinski definition) is 2. The zero-order chi connectivity index (χ0) is 16.6. The van der Waals surface area contributed by atoms with Crippen LogP contribution in [0.4, 0.5) is 0 Å². The minimum Gasteiger partial charge on any atom is -0.478 e. The lowest BCUT2D eigenvalue weighted by Crippen LogP contribution is -2.05. The van der Waals surface area contributed by atoms with Gasteiger partial charge in [0.15, 0.2) is 5.43 Å². The first kappa shape index (κ1) is 14.5. The van der Waals surface area contributed by atoms with Crippen molar-refractivity contribution in [3.05, 3.63) is 69.9 Å². The molecule has 0 spiro atoms. The maximum atomic E-state index is 12.2. The molecule has 23 heavy (non-hydrogen) atoms. The standard InChI is InChI=1S/C17H10O6/c18-13-8-15(10-3-1-2-4-11(10)17(21)22)23-14-6-5-9(16(19)20)7-12(13)14/h1-8H,(H,19,20)(H,21,22). The minimum atomic E-state index is -1.15. The Hall–Kier alpha value is -3.41. The maximum Gasteiger partial charge on any atom is 0.336 e. The lowest BCUT2D eigenvalue weighted by atomic mass is 10.0. The molecule has 0 aliphatic heterocycles. The predicted molar refractivity (Wildman–Crippen MR) is 81.8 cm³/mol. The second-order valence-electron chi connectivity index (χ2n) is 4.84. The van der Waals surface area contributed by atoms with E-state index in [-0.39, 0.29) is 33.4 Å². The van der Waals surface area contributed by atoms with E-state index in [1.807, 2.05) is 0 Å².